The molecule has 1 fully saturated rings. The van der Waals surface area contributed by atoms with Crippen molar-refractivity contribution in [1.82, 2.24) is 5.32 Å². The van der Waals surface area contributed by atoms with Crippen LogP contribution in [0.25, 0.3) is 0 Å². The summed E-state index contributed by atoms with van der Waals surface area (Å²) in [5.41, 5.74) is 1.84. The lowest BCUT2D eigenvalue weighted by Crippen LogP contribution is -2.42. The molecule has 42 heavy (non-hydrogen) atoms. The van der Waals surface area contributed by atoms with Crippen molar-refractivity contribution in [3.63, 3.8) is 0 Å². The van der Waals surface area contributed by atoms with Gasteiger partial charge in [0, 0.05) is 60.0 Å². The number of carbonyl (C=O) groups excluding carboxylic acids is 4. The van der Waals surface area contributed by atoms with Gasteiger partial charge in [-0.1, -0.05) is 13.8 Å². The highest BCUT2D eigenvalue weighted by molar-refractivity contribution is 5.82. The number of ketones is 1. The van der Waals surface area contributed by atoms with Crippen LogP contribution in [-0.4, -0.2) is 96.1 Å². The smallest absolute Gasteiger partial charge is 0.231 e. The van der Waals surface area contributed by atoms with Crippen molar-refractivity contribution < 1.29 is 52.7 Å². The predicted molar refractivity (Wildman–Crippen MR) is 158 cm³/mol. The number of fused-ring (bicyclic) bond motifs is 1. The van der Waals surface area contributed by atoms with Gasteiger partial charge in [0.25, 0.3) is 0 Å². The molecule has 12 heteroatoms. The Hall–Kier alpha value is -2.74. The summed E-state index contributed by atoms with van der Waals surface area (Å²) in [5.74, 6) is 1.29. The minimum Gasteiger partial charge on any atom is -0.454 e. The Bertz CT molecular complexity index is 860. The van der Waals surface area contributed by atoms with Crippen LogP contribution in [0.4, 0.5) is 0 Å². The lowest BCUT2D eigenvalue weighted by Gasteiger charge is -2.35. The summed E-state index contributed by atoms with van der Waals surface area (Å²) in [6.07, 6.45) is 2.64. The molecule has 0 radical (unpaired) electrons. The second-order valence-electron chi connectivity index (χ2n) is 8.53. The largest absolute Gasteiger partial charge is 0.454 e. The van der Waals surface area contributed by atoms with Crippen molar-refractivity contribution in [2.45, 2.75) is 90.9 Å². The molecule has 0 aliphatic carbocycles. The van der Waals surface area contributed by atoms with Gasteiger partial charge in [-0.15, -0.1) is 0 Å². The summed E-state index contributed by atoms with van der Waals surface area (Å²) in [7, 11) is 6.11. The van der Waals surface area contributed by atoms with Gasteiger partial charge >= 0.3 is 0 Å². The zero-order valence-corrected chi connectivity index (χ0v) is 26.4. The van der Waals surface area contributed by atoms with Crippen LogP contribution in [0.3, 0.4) is 0 Å². The highest BCUT2D eigenvalue weighted by Gasteiger charge is 2.32. The molecule has 0 saturated carbocycles. The first-order valence-corrected chi connectivity index (χ1v) is 14.0. The number of ether oxygens (including phenoxy) is 6. The molecular weight excluding hydrogens is 550 g/mol. The first-order valence-electron chi connectivity index (χ1n) is 14.0. The van der Waals surface area contributed by atoms with E-state index in [1.165, 1.54) is 13.8 Å². The molecule has 0 amide bonds. The van der Waals surface area contributed by atoms with Crippen LogP contribution in [-0.2, 0) is 51.1 Å². The molecule has 2 aliphatic heterocycles. The van der Waals surface area contributed by atoms with Crippen LogP contribution in [0.2, 0.25) is 0 Å². The molecule has 12 nitrogen and oxygen atoms in total. The molecule has 4 atom stereocenters. The quantitative estimate of drug-likeness (QED) is 0.319. The Balaban J connectivity index is 0. The van der Waals surface area contributed by atoms with Crippen molar-refractivity contribution in [3.05, 3.63) is 23.3 Å². The summed E-state index contributed by atoms with van der Waals surface area (Å²) >= 11 is 0. The van der Waals surface area contributed by atoms with Gasteiger partial charge in [0.1, 0.15) is 24.6 Å². The number of rotatable bonds is 13. The highest BCUT2D eigenvalue weighted by Crippen LogP contribution is 2.35. The molecule has 1 saturated heterocycles. The molecule has 2 heterocycles. The minimum absolute atomic E-state index is 0.0272. The van der Waals surface area contributed by atoms with E-state index in [2.05, 4.69) is 5.32 Å². The van der Waals surface area contributed by atoms with E-state index in [0.29, 0.717) is 37.5 Å². The number of aliphatic hydroxyl groups is 1. The lowest BCUT2D eigenvalue weighted by molar-refractivity contribution is -0.242. The van der Waals surface area contributed by atoms with E-state index < -0.39 is 12.4 Å². The maximum Gasteiger partial charge on any atom is 0.231 e. The third-order valence-electron chi connectivity index (χ3n) is 5.62. The normalized spacial score (nSPS) is 18.5. The zero-order chi connectivity index (χ0) is 32.3. The topological polar surface area (TPSA) is 156 Å². The summed E-state index contributed by atoms with van der Waals surface area (Å²) in [6, 6.07) is 3.75. The standard InChI is InChI=1S/C23H33NO8.2C2H4O.C2H6.CH4O/c1-24-12-16-8-22-21(29-14-30-22)7-15(16)6-17(26)9-18(4-5-25)31-23-11-19(28-3)10-20(32-23)13-27-2;2*1-2-3;2*1-2/h5,7-8,18-20,23-24H,4,6,9-14H2,1-3H3;2*2H,1H3;1-2H3;2H,1H3/t18-,19?,20-,23?;;;;/m0..../s1. The number of benzene rings is 1. The number of carbonyl (C=O) groups is 4. The number of Topliss-reactive ketones (excluding diaryl/α,β-unsaturated/α-hetero) is 1. The maximum atomic E-state index is 12.9. The second-order valence-corrected chi connectivity index (χ2v) is 8.53. The predicted octanol–water partition coefficient (Wildman–Crippen LogP) is 2.82. The third-order valence-corrected chi connectivity index (χ3v) is 5.62. The van der Waals surface area contributed by atoms with Crippen molar-refractivity contribution >= 4 is 24.6 Å². The van der Waals surface area contributed by atoms with Crippen LogP contribution >= 0.6 is 0 Å². The van der Waals surface area contributed by atoms with Crippen molar-refractivity contribution in [2.75, 3.05) is 41.8 Å². The number of methoxy groups -OCH3 is 2. The van der Waals surface area contributed by atoms with Gasteiger partial charge in [0.2, 0.25) is 6.79 Å². The van der Waals surface area contributed by atoms with Gasteiger partial charge in [0.05, 0.1) is 24.9 Å². The molecule has 0 bridgehead atoms. The van der Waals surface area contributed by atoms with Crippen LogP contribution in [0, 0.1) is 0 Å². The number of nitrogens with one attached hydrogen (secondary N) is 1. The fourth-order valence-electron chi connectivity index (χ4n) is 4.10. The molecule has 2 unspecified atom stereocenters. The SMILES string of the molecule is CC.CC=O.CC=O.CNCc1cc2c(cc1CC(=O)C[C@H](CC=O)OC1CC(OC)C[C@@H](COC)O1)OCO2.CO. The molecular formula is C30H51NO11. The van der Waals surface area contributed by atoms with Crippen LogP contribution < -0.4 is 14.8 Å². The van der Waals surface area contributed by atoms with Crippen molar-refractivity contribution in [3.8, 4) is 11.5 Å². The van der Waals surface area contributed by atoms with E-state index in [9.17, 15) is 9.59 Å². The molecule has 0 spiro atoms. The maximum absolute atomic E-state index is 12.9. The Kier molecular flexibility index (Phi) is 26.7. The van der Waals surface area contributed by atoms with Gasteiger partial charge in [0.15, 0.2) is 17.8 Å². The van der Waals surface area contributed by atoms with Crippen molar-refractivity contribution in [1.29, 1.82) is 0 Å². The summed E-state index contributed by atoms with van der Waals surface area (Å²) in [6.45, 7) is 8.09. The van der Waals surface area contributed by atoms with E-state index in [0.717, 1.165) is 37.1 Å². The molecule has 2 N–H and O–H groups in total. The Labute approximate surface area is 250 Å². The number of hydrogen-bond acceptors (Lipinski definition) is 12. The average Bonchev–Trinajstić information content (AvgIpc) is 3.44. The van der Waals surface area contributed by atoms with E-state index >= 15 is 0 Å². The molecule has 1 aromatic carbocycles. The molecule has 242 valence electrons. The van der Waals surface area contributed by atoms with Gasteiger partial charge in [-0.3, -0.25) is 4.79 Å². The number of hydrogen-bond donors (Lipinski definition) is 2. The van der Waals surface area contributed by atoms with E-state index in [-0.39, 0.29) is 44.0 Å². The van der Waals surface area contributed by atoms with Gasteiger partial charge in [-0.2, -0.15) is 0 Å². The third kappa shape index (κ3) is 16.6. The molecule has 3 rings (SSSR count). The van der Waals surface area contributed by atoms with Crippen LogP contribution in [0.1, 0.15) is 64.5 Å². The van der Waals surface area contributed by atoms with E-state index in [1.807, 2.05) is 33.0 Å². The fourth-order valence-corrected chi connectivity index (χ4v) is 4.10. The average molecular weight is 602 g/mol. The molecule has 0 aromatic heterocycles. The highest BCUT2D eigenvalue weighted by atomic mass is 16.7. The number of aldehydes is 3. The molecule has 2 aliphatic rings. The van der Waals surface area contributed by atoms with Gasteiger partial charge in [-0.25, -0.2) is 0 Å². The van der Waals surface area contributed by atoms with Gasteiger partial charge in [-0.05, 0) is 44.2 Å². The minimum atomic E-state index is -0.564. The van der Waals surface area contributed by atoms with E-state index in [1.54, 1.807) is 14.2 Å². The lowest BCUT2D eigenvalue weighted by atomic mass is 9.98. The Morgan fingerprint density at radius 2 is 1.62 bits per heavy atom. The summed E-state index contributed by atoms with van der Waals surface area (Å²) in [4.78, 5) is 41.8. The summed E-state index contributed by atoms with van der Waals surface area (Å²) < 4.78 is 33.6. The first-order chi connectivity index (χ1) is 20.4. The van der Waals surface area contributed by atoms with Crippen LogP contribution in [0.15, 0.2) is 12.1 Å². The van der Waals surface area contributed by atoms with E-state index in [4.69, 9.17) is 43.1 Å². The monoisotopic (exact) mass is 601 g/mol. The number of aliphatic hydroxyl groups excluding tert-OH is 1. The summed E-state index contributed by atoms with van der Waals surface area (Å²) in [5, 5.41) is 10.1. The van der Waals surface area contributed by atoms with Crippen LogP contribution in [0.5, 0.6) is 11.5 Å². The Morgan fingerprint density at radius 3 is 2.12 bits per heavy atom. The first kappa shape index (κ1) is 41.4. The molecule has 1 aromatic rings. The Morgan fingerprint density at radius 1 is 1.05 bits per heavy atom. The second kappa shape index (κ2) is 27.1. The zero-order valence-electron chi connectivity index (χ0n) is 26.4. The fraction of sp³-hybridized carbons (Fsp3) is 0.667. The van der Waals surface area contributed by atoms with Crippen molar-refractivity contribution in [2.24, 2.45) is 0 Å². The van der Waals surface area contributed by atoms with Gasteiger partial charge < -0.3 is 53.2 Å².